The summed E-state index contributed by atoms with van der Waals surface area (Å²) in [6, 6.07) is 0.360. The first-order chi connectivity index (χ1) is 7.06. The first-order valence-corrected chi connectivity index (χ1v) is 5.92. The zero-order valence-electron chi connectivity index (χ0n) is 12.0. The maximum atomic E-state index is 11.8. The van der Waals surface area contributed by atoms with Gasteiger partial charge in [-0.05, 0) is 40.5 Å². The first-order valence-electron chi connectivity index (χ1n) is 5.92. The zero-order chi connectivity index (χ0) is 13.1. The second-order valence-electron chi connectivity index (χ2n) is 5.92. The van der Waals surface area contributed by atoms with Crippen molar-refractivity contribution in [3.63, 3.8) is 0 Å². The van der Waals surface area contributed by atoms with Gasteiger partial charge in [0.2, 0.25) is 0 Å². The summed E-state index contributed by atoms with van der Waals surface area (Å²) in [4.78, 5) is 11.8. The van der Waals surface area contributed by atoms with Crippen LogP contribution in [0.5, 0.6) is 0 Å². The first kappa shape index (κ1) is 15.4. The van der Waals surface area contributed by atoms with Gasteiger partial charge in [-0.2, -0.15) is 0 Å². The average molecular weight is 229 g/mol. The molecule has 1 atom stereocenters. The van der Waals surface area contributed by atoms with Gasteiger partial charge in [-0.25, -0.2) is 0 Å². The van der Waals surface area contributed by atoms with E-state index in [1.54, 1.807) is 0 Å². The Labute approximate surface area is 99.9 Å². The Morgan fingerprint density at radius 2 is 1.56 bits per heavy atom. The van der Waals surface area contributed by atoms with E-state index in [-0.39, 0.29) is 11.5 Å². The molecule has 0 saturated heterocycles. The lowest BCUT2D eigenvalue weighted by atomic mass is 9.73. The fourth-order valence-corrected chi connectivity index (χ4v) is 1.43. The monoisotopic (exact) mass is 229 g/mol. The Morgan fingerprint density at radius 3 is 1.88 bits per heavy atom. The summed E-state index contributed by atoms with van der Waals surface area (Å²) in [6.45, 7) is 14.4. The van der Waals surface area contributed by atoms with Crippen LogP contribution < -0.4 is 5.32 Å². The highest BCUT2D eigenvalue weighted by atomic mass is 16.5. The summed E-state index contributed by atoms with van der Waals surface area (Å²) in [7, 11) is 1.44. The molecule has 0 amide bonds. The van der Waals surface area contributed by atoms with E-state index >= 15 is 0 Å². The van der Waals surface area contributed by atoms with Gasteiger partial charge in [0.1, 0.15) is 0 Å². The summed E-state index contributed by atoms with van der Waals surface area (Å²) >= 11 is 0. The molecule has 3 nitrogen and oxygen atoms in total. The van der Waals surface area contributed by atoms with Crippen LogP contribution in [-0.2, 0) is 9.53 Å². The molecule has 0 radical (unpaired) electrons. The van der Waals surface area contributed by atoms with E-state index < -0.39 is 5.41 Å². The third kappa shape index (κ3) is 3.21. The Morgan fingerprint density at radius 1 is 1.12 bits per heavy atom. The number of carbonyl (C=O) groups excluding carboxylic acids is 1. The Kier molecular flexibility index (Phi) is 4.99. The highest BCUT2D eigenvalue weighted by molar-refractivity contribution is 5.77. The lowest BCUT2D eigenvalue weighted by Gasteiger charge is -2.42. The van der Waals surface area contributed by atoms with Crippen molar-refractivity contribution >= 4 is 5.97 Å². The topological polar surface area (TPSA) is 38.3 Å². The molecule has 0 aliphatic carbocycles. The highest BCUT2D eigenvalue weighted by Gasteiger charge is 2.44. The number of carbonyl (C=O) groups is 1. The van der Waals surface area contributed by atoms with Gasteiger partial charge < -0.3 is 10.1 Å². The summed E-state index contributed by atoms with van der Waals surface area (Å²) < 4.78 is 4.86. The number of hydrogen-bond donors (Lipinski definition) is 1. The van der Waals surface area contributed by atoms with Crippen LogP contribution in [0.4, 0.5) is 0 Å². The molecule has 3 heteroatoms. The van der Waals surface area contributed by atoms with Gasteiger partial charge in [-0.3, -0.25) is 4.79 Å². The fraction of sp³-hybridized carbons (Fsp3) is 0.923. The molecule has 0 spiro atoms. The largest absolute Gasteiger partial charge is 0.469 e. The molecule has 0 aromatic carbocycles. The molecular weight excluding hydrogens is 202 g/mol. The van der Waals surface area contributed by atoms with Crippen molar-refractivity contribution in [1.29, 1.82) is 0 Å². The van der Waals surface area contributed by atoms with Crippen LogP contribution in [0.25, 0.3) is 0 Å². The van der Waals surface area contributed by atoms with E-state index in [1.165, 1.54) is 7.11 Å². The zero-order valence-corrected chi connectivity index (χ0v) is 12.0. The van der Waals surface area contributed by atoms with Crippen LogP contribution in [0.2, 0.25) is 0 Å². The van der Waals surface area contributed by atoms with Crippen molar-refractivity contribution in [3.05, 3.63) is 0 Å². The SMILES string of the molecule is COC(=O)C(C)(C)C(C)(C)NC(C)C(C)C. The molecule has 0 aromatic rings. The molecule has 96 valence electrons. The Balaban J connectivity index is 4.83. The van der Waals surface area contributed by atoms with Crippen LogP contribution in [0, 0.1) is 11.3 Å². The van der Waals surface area contributed by atoms with Gasteiger partial charge in [0.05, 0.1) is 12.5 Å². The second-order valence-corrected chi connectivity index (χ2v) is 5.92. The van der Waals surface area contributed by atoms with E-state index in [1.807, 2.05) is 27.7 Å². The van der Waals surface area contributed by atoms with Gasteiger partial charge in [-0.15, -0.1) is 0 Å². The van der Waals surface area contributed by atoms with Crippen LogP contribution in [0.1, 0.15) is 48.5 Å². The molecule has 0 bridgehead atoms. The minimum absolute atomic E-state index is 0.180. The molecular formula is C13H27NO2. The molecule has 0 aliphatic rings. The maximum Gasteiger partial charge on any atom is 0.313 e. The second kappa shape index (κ2) is 5.17. The van der Waals surface area contributed by atoms with Gasteiger partial charge in [0.25, 0.3) is 0 Å². The average Bonchev–Trinajstić information content (AvgIpc) is 2.15. The smallest absolute Gasteiger partial charge is 0.313 e. The van der Waals surface area contributed by atoms with E-state index in [2.05, 4.69) is 26.1 Å². The number of ether oxygens (including phenoxy) is 1. The van der Waals surface area contributed by atoms with E-state index in [4.69, 9.17) is 4.74 Å². The number of hydrogen-bond acceptors (Lipinski definition) is 3. The van der Waals surface area contributed by atoms with E-state index in [9.17, 15) is 4.79 Å². The molecule has 0 heterocycles. The summed E-state index contributed by atoms with van der Waals surface area (Å²) in [5.74, 6) is 0.355. The molecule has 0 aliphatic heterocycles. The molecule has 1 N–H and O–H groups in total. The molecule has 0 rings (SSSR count). The fourth-order valence-electron chi connectivity index (χ4n) is 1.43. The lowest BCUT2D eigenvalue weighted by Crippen LogP contribution is -2.58. The summed E-state index contributed by atoms with van der Waals surface area (Å²) in [5, 5.41) is 3.51. The summed E-state index contributed by atoms with van der Waals surface area (Å²) in [5.41, 5.74) is -0.852. The highest BCUT2D eigenvalue weighted by Crippen LogP contribution is 2.32. The van der Waals surface area contributed by atoms with Crippen LogP contribution in [0.3, 0.4) is 0 Å². The quantitative estimate of drug-likeness (QED) is 0.736. The Hall–Kier alpha value is -0.570. The van der Waals surface area contributed by atoms with E-state index in [0.717, 1.165) is 0 Å². The molecule has 16 heavy (non-hydrogen) atoms. The summed E-state index contributed by atoms with van der Waals surface area (Å²) in [6.07, 6.45) is 0. The Bertz CT molecular complexity index is 244. The van der Waals surface area contributed by atoms with Crippen LogP contribution in [0.15, 0.2) is 0 Å². The van der Waals surface area contributed by atoms with Crippen molar-refractivity contribution in [2.45, 2.75) is 60.0 Å². The maximum absolute atomic E-state index is 11.8. The predicted octanol–water partition coefficient (Wildman–Crippen LogP) is 2.60. The van der Waals surface area contributed by atoms with E-state index in [0.29, 0.717) is 12.0 Å². The number of methoxy groups -OCH3 is 1. The molecule has 1 unspecified atom stereocenters. The third-order valence-corrected chi connectivity index (χ3v) is 3.85. The van der Waals surface area contributed by atoms with Crippen molar-refractivity contribution < 1.29 is 9.53 Å². The lowest BCUT2D eigenvalue weighted by molar-refractivity contribution is -0.155. The third-order valence-electron chi connectivity index (χ3n) is 3.85. The number of esters is 1. The van der Waals surface area contributed by atoms with Gasteiger partial charge in [0.15, 0.2) is 0 Å². The van der Waals surface area contributed by atoms with Crippen LogP contribution in [-0.4, -0.2) is 24.7 Å². The van der Waals surface area contributed by atoms with Crippen molar-refractivity contribution in [1.82, 2.24) is 5.32 Å². The number of rotatable bonds is 5. The predicted molar refractivity (Wildman–Crippen MR) is 67.3 cm³/mol. The molecule has 0 aromatic heterocycles. The van der Waals surface area contributed by atoms with Crippen molar-refractivity contribution in [3.8, 4) is 0 Å². The van der Waals surface area contributed by atoms with Crippen molar-refractivity contribution in [2.24, 2.45) is 11.3 Å². The number of nitrogens with one attached hydrogen (secondary N) is 1. The normalized spacial score (nSPS) is 15.1. The van der Waals surface area contributed by atoms with Gasteiger partial charge in [0, 0.05) is 11.6 Å². The molecule has 0 fully saturated rings. The standard InChI is InChI=1S/C13H27NO2/c1-9(2)10(3)14-13(6,7)12(4,5)11(15)16-8/h9-10,14H,1-8H3. The van der Waals surface area contributed by atoms with Crippen LogP contribution >= 0.6 is 0 Å². The van der Waals surface area contributed by atoms with Crippen molar-refractivity contribution in [2.75, 3.05) is 7.11 Å². The van der Waals surface area contributed by atoms with Gasteiger partial charge >= 0.3 is 5.97 Å². The minimum Gasteiger partial charge on any atom is -0.469 e. The van der Waals surface area contributed by atoms with Gasteiger partial charge in [-0.1, -0.05) is 13.8 Å². The molecule has 0 saturated carbocycles. The minimum atomic E-state index is -0.551.